The molecule has 0 aliphatic heterocycles. The Hall–Kier alpha value is -0.550. The van der Waals surface area contributed by atoms with Crippen molar-refractivity contribution >= 4 is 44.2 Å². The van der Waals surface area contributed by atoms with E-state index in [0.29, 0.717) is 0 Å². The number of nitrogens with one attached hydrogen (secondary N) is 1. The molecule has 2 rings (SSSR count). The number of hydrogen-bond acceptors (Lipinski definition) is 1. The predicted octanol–water partition coefficient (Wildman–Crippen LogP) is 5.28. The van der Waals surface area contributed by atoms with Crippen molar-refractivity contribution in [1.29, 1.82) is 0 Å². The summed E-state index contributed by atoms with van der Waals surface area (Å²) in [6.45, 7) is 5.19. The van der Waals surface area contributed by atoms with Gasteiger partial charge in [0.2, 0.25) is 0 Å². The average Bonchev–Trinajstić information content (AvgIpc) is 2.33. The summed E-state index contributed by atoms with van der Waals surface area (Å²) in [5.74, 6) is 0. The van der Waals surface area contributed by atoms with E-state index in [2.05, 4.69) is 94.1 Å². The summed E-state index contributed by atoms with van der Waals surface area (Å²) in [7, 11) is 0. The van der Waals surface area contributed by atoms with Gasteiger partial charge in [0.15, 0.2) is 0 Å². The summed E-state index contributed by atoms with van der Waals surface area (Å²) >= 11 is 5.86. The molecule has 0 bridgehead atoms. The van der Waals surface area contributed by atoms with Crippen LogP contribution in [0.15, 0.2) is 40.9 Å². The van der Waals surface area contributed by atoms with E-state index in [-0.39, 0.29) is 0 Å². The Morgan fingerprint density at radius 2 is 1.78 bits per heavy atom. The zero-order valence-electron chi connectivity index (χ0n) is 10.4. The fourth-order valence-corrected chi connectivity index (χ4v) is 2.83. The highest BCUT2D eigenvalue weighted by Gasteiger charge is 2.04. The Balaban J connectivity index is 2.19. The first kappa shape index (κ1) is 13.9. The zero-order valence-corrected chi connectivity index (χ0v) is 14.2. The Kier molecular flexibility index (Phi) is 4.67. The number of anilines is 1. The fraction of sp³-hybridized carbons (Fsp3) is 0.200. The third-order valence-electron chi connectivity index (χ3n) is 3.03. The van der Waals surface area contributed by atoms with Crippen LogP contribution < -0.4 is 5.32 Å². The van der Waals surface area contributed by atoms with Gasteiger partial charge in [0, 0.05) is 20.3 Å². The standard InChI is InChI=1S/C15H15BrIN/c1-10-4-3-5-11(2)13(10)9-18-15-8-12(16)6-7-14(15)17/h3-8,18H,9H2,1-2H3. The van der Waals surface area contributed by atoms with Crippen molar-refractivity contribution in [3.05, 3.63) is 61.1 Å². The molecule has 0 spiro atoms. The van der Waals surface area contributed by atoms with Gasteiger partial charge in [-0.1, -0.05) is 34.1 Å². The van der Waals surface area contributed by atoms with Gasteiger partial charge in [-0.15, -0.1) is 0 Å². The Bertz CT molecular complexity index is 546. The highest BCUT2D eigenvalue weighted by Crippen LogP contribution is 2.24. The second-order valence-electron chi connectivity index (χ2n) is 4.35. The maximum Gasteiger partial charge on any atom is 0.0489 e. The molecule has 0 fully saturated rings. The highest BCUT2D eigenvalue weighted by atomic mass is 127. The summed E-state index contributed by atoms with van der Waals surface area (Å²) in [6.07, 6.45) is 0. The molecule has 0 saturated heterocycles. The van der Waals surface area contributed by atoms with Crippen molar-refractivity contribution < 1.29 is 0 Å². The molecule has 2 aromatic rings. The molecular formula is C15H15BrIN. The zero-order chi connectivity index (χ0) is 13.1. The quantitative estimate of drug-likeness (QED) is 0.672. The third-order valence-corrected chi connectivity index (χ3v) is 4.46. The maximum absolute atomic E-state index is 3.51. The summed E-state index contributed by atoms with van der Waals surface area (Å²) in [6, 6.07) is 12.7. The normalized spacial score (nSPS) is 10.4. The van der Waals surface area contributed by atoms with Crippen LogP contribution in [0.2, 0.25) is 0 Å². The van der Waals surface area contributed by atoms with Gasteiger partial charge in [-0.2, -0.15) is 0 Å². The minimum Gasteiger partial charge on any atom is -0.380 e. The molecule has 2 aromatic carbocycles. The number of benzene rings is 2. The first-order valence-corrected chi connectivity index (χ1v) is 7.69. The first-order valence-electron chi connectivity index (χ1n) is 5.82. The minimum atomic E-state index is 0.866. The lowest BCUT2D eigenvalue weighted by molar-refractivity contribution is 1.09. The Morgan fingerprint density at radius 1 is 1.11 bits per heavy atom. The van der Waals surface area contributed by atoms with E-state index >= 15 is 0 Å². The van der Waals surface area contributed by atoms with E-state index < -0.39 is 0 Å². The van der Waals surface area contributed by atoms with E-state index in [1.165, 1.54) is 25.9 Å². The summed E-state index contributed by atoms with van der Waals surface area (Å²) in [5, 5.41) is 3.51. The van der Waals surface area contributed by atoms with Crippen LogP contribution in [0.25, 0.3) is 0 Å². The van der Waals surface area contributed by atoms with Gasteiger partial charge in [0.05, 0.1) is 0 Å². The smallest absolute Gasteiger partial charge is 0.0489 e. The molecule has 0 aromatic heterocycles. The molecule has 0 radical (unpaired) electrons. The lowest BCUT2D eigenvalue weighted by atomic mass is 10.0. The molecule has 0 atom stereocenters. The molecule has 94 valence electrons. The van der Waals surface area contributed by atoms with E-state index in [9.17, 15) is 0 Å². The topological polar surface area (TPSA) is 12.0 Å². The molecule has 0 amide bonds. The molecule has 0 heterocycles. The lowest BCUT2D eigenvalue weighted by Crippen LogP contribution is -2.04. The van der Waals surface area contributed by atoms with Crippen molar-refractivity contribution in [2.75, 3.05) is 5.32 Å². The molecule has 0 aliphatic rings. The van der Waals surface area contributed by atoms with Gasteiger partial charge < -0.3 is 5.32 Å². The van der Waals surface area contributed by atoms with E-state index in [0.717, 1.165) is 11.0 Å². The van der Waals surface area contributed by atoms with Crippen LogP contribution in [0.4, 0.5) is 5.69 Å². The van der Waals surface area contributed by atoms with Crippen LogP contribution in [-0.2, 0) is 6.54 Å². The van der Waals surface area contributed by atoms with Crippen LogP contribution in [0.3, 0.4) is 0 Å². The fourth-order valence-electron chi connectivity index (χ4n) is 1.94. The number of rotatable bonds is 3. The SMILES string of the molecule is Cc1cccc(C)c1CNc1cc(Br)ccc1I. The van der Waals surface area contributed by atoms with Crippen LogP contribution in [0, 0.1) is 17.4 Å². The molecule has 0 unspecified atom stereocenters. The summed E-state index contributed by atoms with van der Waals surface area (Å²) in [4.78, 5) is 0. The second kappa shape index (κ2) is 6.06. The van der Waals surface area contributed by atoms with Gasteiger partial charge in [-0.05, 0) is 71.3 Å². The molecule has 0 aliphatic carbocycles. The number of halogens is 2. The maximum atomic E-state index is 3.51. The van der Waals surface area contributed by atoms with Crippen LogP contribution in [0.1, 0.15) is 16.7 Å². The average molecular weight is 416 g/mol. The van der Waals surface area contributed by atoms with E-state index in [4.69, 9.17) is 0 Å². The van der Waals surface area contributed by atoms with Crippen LogP contribution in [0.5, 0.6) is 0 Å². The van der Waals surface area contributed by atoms with Crippen molar-refractivity contribution in [3.8, 4) is 0 Å². The molecular weight excluding hydrogens is 401 g/mol. The second-order valence-corrected chi connectivity index (χ2v) is 6.43. The monoisotopic (exact) mass is 415 g/mol. The Morgan fingerprint density at radius 3 is 2.44 bits per heavy atom. The molecule has 18 heavy (non-hydrogen) atoms. The molecule has 1 nitrogen and oxygen atoms in total. The van der Waals surface area contributed by atoms with Gasteiger partial charge in [-0.25, -0.2) is 0 Å². The predicted molar refractivity (Wildman–Crippen MR) is 90.1 cm³/mol. The highest BCUT2D eigenvalue weighted by molar-refractivity contribution is 14.1. The molecule has 0 saturated carbocycles. The van der Waals surface area contributed by atoms with Gasteiger partial charge in [0.25, 0.3) is 0 Å². The lowest BCUT2D eigenvalue weighted by Gasteiger charge is -2.13. The van der Waals surface area contributed by atoms with Crippen molar-refractivity contribution in [2.45, 2.75) is 20.4 Å². The van der Waals surface area contributed by atoms with Crippen molar-refractivity contribution in [2.24, 2.45) is 0 Å². The summed E-state index contributed by atoms with van der Waals surface area (Å²) < 4.78 is 2.34. The Labute approximate surface area is 130 Å². The number of hydrogen-bond donors (Lipinski definition) is 1. The molecule has 3 heteroatoms. The van der Waals surface area contributed by atoms with Gasteiger partial charge >= 0.3 is 0 Å². The van der Waals surface area contributed by atoms with E-state index in [1.54, 1.807) is 0 Å². The van der Waals surface area contributed by atoms with Crippen LogP contribution >= 0.6 is 38.5 Å². The third kappa shape index (κ3) is 3.26. The van der Waals surface area contributed by atoms with E-state index in [1.807, 2.05) is 0 Å². The minimum absolute atomic E-state index is 0.866. The van der Waals surface area contributed by atoms with Crippen LogP contribution in [-0.4, -0.2) is 0 Å². The van der Waals surface area contributed by atoms with Crippen molar-refractivity contribution in [3.63, 3.8) is 0 Å². The largest absolute Gasteiger partial charge is 0.380 e. The number of aryl methyl sites for hydroxylation is 2. The first-order chi connectivity index (χ1) is 8.58. The molecule has 1 N–H and O–H groups in total. The van der Waals surface area contributed by atoms with Crippen molar-refractivity contribution in [1.82, 2.24) is 0 Å². The van der Waals surface area contributed by atoms with Gasteiger partial charge in [0.1, 0.15) is 0 Å². The van der Waals surface area contributed by atoms with Gasteiger partial charge in [-0.3, -0.25) is 0 Å². The summed E-state index contributed by atoms with van der Waals surface area (Å²) in [5.41, 5.74) is 5.24.